The molecule has 2 rings (SSSR count). The lowest BCUT2D eigenvalue weighted by Gasteiger charge is -2.37. The molecule has 1 fully saturated rings. The summed E-state index contributed by atoms with van der Waals surface area (Å²) in [4.78, 5) is 29.4. The summed E-state index contributed by atoms with van der Waals surface area (Å²) in [5, 5.41) is 7.12. The summed E-state index contributed by atoms with van der Waals surface area (Å²) in [7, 11) is 3.44. The number of nitrogens with one attached hydrogen (secondary N) is 1. The Morgan fingerprint density at radius 3 is 2.57 bits per heavy atom. The third-order valence-corrected chi connectivity index (χ3v) is 4.99. The van der Waals surface area contributed by atoms with Crippen molar-refractivity contribution in [1.82, 2.24) is 20.0 Å². The lowest BCUT2D eigenvalue weighted by molar-refractivity contribution is -0.128. The summed E-state index contributed by atoms with van der Waals surface area (Å²) < 4.78 is 0. The second kappa shape index (κ2) is 8.31. The van der Waals surface area contributed by atoms with Crippen LogP contribution in [0.4, 0.5) is 4.79 Å². The van der Waals surface area contributed by atoms with Crippen molar-refractivity contribution in [1.29, 1.82) is 0 Å². The van der Waals surface area contributed by atoms with Gasteiger partial charge in [0.05, 0.1) is 0 Å². The largest absolute Gasteiger partial charge is 0.349 e. The van der Waals surface area contributed by atoms with Crippen LogP contribution < -0.4 is 5.32 Å². The molecular weight excluding hydrogens is 312 g/mol. The minimum Gasteiger partial charge on any atom is -0.349 e. The lowest BCUT2D eigenvalue weighted by atomic mass is 10.1. The van der Waals surface area contributed by atoms with Crippen molar-refractivity contribution in [2.24, 2.45) is 0 Å². The summed E-state index contributed by atoms with van der Waals surface area (Å²) >= 11 is 1.72. The van der Waals surface area contributed by atoms with E-state index in [4.69, 9.17) is 0 Å². The highest BCUT2D eigenvalue weighted by Crippen LogP contribution is 2.23. The van der Waals surface area contributed by atoms with Gasteiger partial charge in [0.2, 0.25) is 5.91 Å². The number of carbonyl (C=O) groups is 2. The fourth-order valence-electron chi connectivity index (χ4n) is 2.65. The second-order valence-corrected chi connectivity index (χ2v) is 6.81. The monoisotopic (exact) mass is 338 g/mol. The Morgan fingerprint density at radius 1 is 1.30 bits per heavy atom. The standard InChI is InChI=1S/C16H26N4O2S/c1-13(14-5-11-23-12-14)19-7-9-20(10-8-19)16(22)17-6-4-15(21)18(2)3/h5,11-13H,4,6-10H2,1-3H3,(H,17,22)/t13-/m0/s1. The molecule has 3 amide bonds. The smallest absolute Gasteiger partial charge is 0.317 e. The van der Waals surface area contributed by atoms with Crippen LogP contribution in [0.3, 0.4) is 0 Å². The Balaban J connectivity index is 1.71. The van der Waals surface area contributed by atoms with Crippen LogP contribution in [0.2, 0.25) is 0 Å². The topological polar surface area (TPSA) is 55.9 Å². The fourth-order valence-corrected chi connectivity index (χ4v) is 3.39. The average molecular weight is 338 g/mol. The van der Waals surface area contributed by atoms with Gasteiger partial charge in [0.15, 0.2) is 0 Å². The van der Waals surface area contributed by atoms with Gasteiger partial charge in [0.1, 0.15) is 0 Å². The van der Waals surface area contributed by atoms with Crippen LogP contribution in [0.5, 0.6) is 0 Å². The van der Waals surface area contributed by atoms with Crippen molar-refractivity contribution in [2.75, 3.05) is 46.8 Å². The molecule has 0 spiro atoms. The molecule has 23 heavy (non-hydrogen) atoms. The molecule has 0 aliphatic carbocycles. The molecule has 7 heteroatoms. The minimum absolute atomic E-state index is 0.0275. The zero-order valence-electron chi connectivity index (χ0n) is 14.1. The molecule has 1 aliphatic rings. The van der Waals surface area contributed by atoms with Gasteiger partial charge in [-0.3, -0.25) is 9.69 Å². The van der Waals surface area contributed by atoms with E-state index in [1.165, 1.54) is 10.5 Å². The van der Waals surface area contributed by atoms with Gasteiger partial charge >= 0.3 is 6.03 Å². The molecular formula is C16H26N4O2S. The van der Waals surface area contributed by atoms with E-state index >= 15 is 0 Å². The van der Waals surface area contributed by atoms with E-state index in [-0.39, 0.29) is 11.9 Å². The molecule has 1 saturated heterocycles. The molecule has 2 heterocycles. The first-order valence-corrected chi connectivity index (χ1v) is 8.92. The fraction of sp³-hybridized carbons (Fsp3) is 0.625. The SMILES string of the molecule is C[C@@H](c1ccsc1)N1CCN(C(=O)NCCC(=O)N(C)C)CC1. The molecule has 1 aromatic rings. The lowest BCUT2D eigenvalue weighted by Crippen LogP contribution is -2.52. The normalized spacial score (nSPS) is 16.9. The number of rotatable bonds is 5. The summed E-state index contributed by atoms with van der Waals surface area (Å²) in [5.74, 6) is 0.0275. The molecule has 128 valence electrons. The van der Waals surface area contributed by atoms with Crippen molar-refractivity contribution in [3.8, 4) is 0 Å². The molecule has 0 bridgehead atoms. The Morgan fingerprint density at radius 2 is 2.00 bits per heavy atom. The first-order chi connectivity index (χ1) is 11.0. The zero-order chi connectivity index (χ0) is 16.8. The highest BCUT2D eigenvalue weighted by atomic mass is 32.1. The number of piperazine rings is 1. The highest BCUT2D eigenvalue weighted by molar-refractivity contribution is 7.07. The summed E-state index contributed by atoms with van der Waals surface area (Å²) in [6.45, 7) is 5.80. The molecule has 0 radical (unpaired) electrons. The van der Waals surface area contributed by atoms with E-state index in [2.05, 4.69) is 34.0 Å². The summed E-state index contributed by atoms with van der Waals surface area (Å²) in [6, 6.07) is 2.49. The van der Waals surface area contributed by atoms with Gasteiger partial charge in [-0.2, -0.15) is 11.3 Å². The first kappa shape index (κ1) is 17.7. The van der Waals surface area contributed by atoms with Gasteiger partial charge in [-0.1, -0.05) is 0 Å². The highest BCUT2D eigenvalue weighted by Gasteiger charge is 2.24. The van der Waals surface area contributed by atoms with Gasteiger partial charge in [-0.05, 0) is 29.3 Å². The first-order valence-electron chi connectivity index (χ1n) is 7.98. The van der Waals surface area contributed by atoms with E-state index in [1.807, 2.05) is 4.90 Å². The number of urea groups is 1. The quantitative estimate of drug-likeness (QED) is 0.887. The molecule has 1 N–H and O–H groups in total. The van der Waals surface area contributed by atoms with E-state index in [9.17, 15) is 9.59 Å². The summed E-state index contributed by atoms with van der Waals surface area (Å²) in [5.41, 5.74) is 1.34. The van der Waals surface area contributed by atoms with E-state index < -0.39 is 0 Å². The number of hydrogen-bond donors (Lipinski definition) is 1. The van der Waals surface area contributed by atoms with Crippen LogP contribution in [0, 0.1) is 0 Å². The number of hydrogen-bond acceptors (Lipinski definition) is 4. The third-order valence-electron chi connectivity index (χ3n) is 4.29. The van der Waals surface area contributed by atoms with Crippen molar-refractivity contribution in [3.63, 3.8) is 0 Å². The van der Waals surface area contributed by atoms with Gasteiger partial charge in [-0.25, -0.2) is 4.79 Å². The molecule has 1 aromatic heterocycles. The van der Waals surface area contributed by atoms with Gasteiger partial charge < -0.3 is 15.1 Å². The van der Waals surface area contributed by atoms with Gasteiger partial charge in [0, 0.05) is 59.3 Å². The second-order valence-electron chi connectivity index (χ2n) is 6.03. The molecule has 6 nitrogen and oxygen atoms in total. The van der Waals surface area contributed by atoms with Crippen LogP contribution in [0.15, 0.2) is 16.8 Å². The average Bonchev–Trinajstić information content (AvgIpc) is 3.08. The van der Waals surface area contributed by atoms with Gasteiger partial charge in [0.25, 0.3) is 0 Å². The van der Waals surface area contributed by atoms with Crippen LogP contribution in [-0.4, -0.2) is 73.5 Å². The Hall–Kier alpha value is -1.60. The van der Waals surface area contributed by atoms with Gasteiger partial charge in [-0.15, -0.1) is 0 Å². The van der Waals surface area contributed by atoms with E-state index in [0.29, 0.717) is 19.0 Å². The molecule has 1 atom stereocenters. The van der Waals surface area contributed by atoms with Crippen molar-refractivity contribution in [3.05, 3.63) is 22.4 Å². The Labute approximate surface area is 142 Å². The predicted molar refractivity (Wildman–Crippen MR) is 92.6 cm³/mol. The molecule has 0 unspecified atom stereocenters. The number of carbonyl (C=O) groups excluding carboxylic acids is 2. The van der Waals surface area contributed by atoms with Crippen molar-refractivity contribution in [2.45, 2.75) is 19.4 Å². The Kier molecular flexibility index (Phi) is 6.41. The van der Waals surface area contributed by atoms with Crippen molar-refractivity contribution >= 4 is 23.3 Å². The van der Waals surface area contributed by atoms with Crippen molar-refractivity contribution < 1.29 is 9.59 Å². The maximum absolute atomic E-state index is 12.1. The predicted octanol–water partition coefficient (Wildman–Crippen LogP) is 1.61. The number of nitrogens with zero attached hydrogens (tertiary/aromatic N) is 3. The van der Waals surface area contributed by atoms with Crippen LogP contribution in [0.25, 0.3) is 0 Å². The van der Waals surface area contributed by atoms with E-state index in [1.54, 1.807) is 25.4 Å². The maximum Gasteiger partial charge on any atom is 0.317 e. The molecule has 1 aliphatic heterocycles. The molecule has 0 saturated carbocycles. The summed E-state index contributed by atoms with van der Waals surface area (Å²) in [6.07, 6.45) is 0.341. The third kappa shape index (κ3) is 4.94. The zero-order valence-corrected chi connectivity index (χ0v) is 14.9. The minimum atomic E-state index is -0.0700. The van der Waals surface area contributed by atoms with Crippen LogP contribution in [0.1, 0.15) is 24.9 Å². The maximum atomic E-state index is 12.1. The molecule has 0 aromatic carbocycles. The van der Waals surface area contributed by atoms with E-state index in [0.717, 1.165) is 26.2 Å². The van der Waals surface area contributed by atoms with Crippen LogP contribution in [-0.2, 0) is 4.79 Å². The van der Waals surface area contributed by atoms with Crippen LogP contribution >= 0.6 is 11.3 Å². The Bertz CT molecular complexity index is 510. The number of thiophene rings is 1. The number of amides is 3.